The van der Waals surface area contributed by atoms with Gasteiger partial charge in [0.1, 0.15) is 5.75 Å². The van der Waals surface area contributed by atoms with Crippen molar-refractivity contribution >= 4 is 29.3 Å². The fourth-order valence-corrected chi connectivity index (χ4v) is 3.58. The molecule has 2 aromatic rings. The molecule has 150 valence electrons. The van der Waals surface area contributed by atoms with Crippen molar-refractivity contribution in [3.05, 3.63) is 35.9 Å². The van der Waals surface area contributed by atoms with Crippen molar-refractivity contribution in [2.24, 2.45) is 0 Å². The number of rotatable bonds is 5. The standard InChI is InChI=1S/C22H30BNO4/c1-14(24-15(2)25)10-17-12-18(23-27-21(3,4)22(5,6)28-23)11-16-8-9-19(26-7)13-20(16)17/h8-9,11-14H,10H2,1-7H3,(H,24,25). The maximum atomic E-state index is 11.5. The molecule has 1 N–H and O–H groups in total. The van der Waals surface area contributed by atoms with E-state index >= 15 is 0 Å². The molecule has 1 heterocycles. The van der Waals surface area contributed by atoms with Crippen molar-refractivity contribution in [3.63, 3.8) is 0 Å². The first-order valence-corrected chi connectivity index (χ1v) is 9.76. The number of hydrogen-bond donors (Lipinski definition) is 1. The van der Waals surface area contributed by atoms with Crippen molar-refractivity contribution in [1.29, 1.82) is 0 Å². The third kappa shape index (κ3) is 4.03. The summed E-state index contributed by atoms with van der Waals surface area (Å²) in [5.74, 6) is 0.779. The first kappa shape index (κ1) is 20.7. The molecular formula is C22H30BNO4. The van der Waals surface area contributed by atoms with E-state index in [0.29, 0.717) is 6.42 Å². The molecule has 5 nitrogen and oxygen atoms in total. The molecular weight excluding hydrogens is 353 g/mol. The van der Waals surface area contributed by atoms with Crippen LogP contribution in [0.15, 0.2) is 30.3 Å². The molecule has 1 aliphatic rings. The van der Waals surface area contributed by atoms with Gasteiger partial charge in [0.05, 0.1) is 18.3 Å². The molecule has 0 spiro atoms. The Morgan fingerprint density at radius 2 is 1.79 bits per heavy atom. The van der Waals surface area contributed by atoms with Crippen molar-refractivity contribution in [1.82, 2.24) is 5.32 Å². The zero-order valence-corrected chi connectivity index (χ0v) is 17.9. The second kappa shape index (κ2) is 7.41. The average molecular weight is 383 g/mol. The summed E-state index contributed by atoms with van der Waals surface area (Å²) < 4.78 is 17.9. The van der Waals surface area contributed by atoms with Gasteiger partial charge in [-0.2, -0.15) is 0 Å². The third-order valence-electron chi connectivity index (χ3n) is 5.77. The quantitative estimate of drug-likeness (QED) is 0.806. The Labute approximate surface area is 167 Å². The molecule has 2 aromatic carbocycles. The number of carbonyl (C=O) groups is 1. The van der Waals surface area contributed by atoms with Crippen LogP contribution >= 0.6 is 0 Å². The number of hydrogen-bond acceptors (Lipinski definition) is 4. The van der Waals surface area contributed by atoms with Gasteiger partial charge in [0, 0.05) is 13.0 Å². The van der Waals surface area contributed by atoms with Gasteiger partial charge in [-0.15, -0.1) is 0 Å². The topological polar surface area (TPSA) is 56.8 Å². The Balaban J connectivity index is 2.04. The summed E-state index contributed by atoms with van der Waals surface area (Å²) in [5, 5.41) is 5.17. The molecule has 1 fully saturated rings. The molecule has 28 heavy (non-hydrogen) atoms. The molecule has 1 amide bonds. The number of methoxy groups -OCH3 is 1. The van der Waals surface area contributed by atoms with Crippen LogP contribution in [0.25, 0.3) is 10.8 Å². The minimum absolute atomic E-state index is 0.0143. The van der Waals surface area contributed by atoms with Gasteiger partial charge >= 0.3 is 7.12 Å². The lowest BCUT2D eigenvalue weighted by molar-refractivity contribution is -0.119. The van der Waals surface area contributed by atoms with Gasteiger partial charge in [0.25, 0.3) is 0 Å². The van der Waals surface area contributed by atoms with Crippen LogP contribution in [-0.2, 0) is 20.5 Å². The van der Waals surface area contributed by atoms with Gasteiger partial charge in [-0.05, 0) is 75.0 Å². The van der Waals surface area contributed by atoms with Gasteiger partial charge in [0.2, 0.25) is 5.91 Å². The van der Waals surface area contributed by atoms with Crippen molar-refractivity contribution in [2.45, 2.75) is 65.2 Å². The van der Waals surface area contributed by atoms with Crippen LogP contribution in [0.5, 0.6) is 5.75 Å². The van der Waals surface area contributed by atoms with Gasteiger partial charge < -0.3 is 19.4 Å². The van der Waals surface area contributed by atoms with E-state index in [0.717, 1.165) is 27.5 Å². The number of ether oxygens (including phenoxy) is 1. The van der Waals surface area contributed by atoms with Crippen LogP contribution in [0.4, 0.5) is 0 Å². The fraction of sp³-hybridized carbons (Fsp3) is 0.500. The highest BCUT2D eigenvalue weighted by Crippen LogP contribution is 2.37. The van der Waals surface area contributed by atoms with E-state index in [4.69, 9.17) is 14.0 Å². The van der Waals surface area contributed by atoms with Crippen molar-refractivity contribution < 1.29 is 18.8 Å². The van der Waals surface area contributed by atoms with E-state index in [1.165, 1.54) is 0 Å². The average Bonchev–Trinajstić information content (AvgIpc) is 2.81. The summed E-state index contributed by atoms with van der Waals surface area (Å²) in [7, 11) is 1.24. The number of nitrogens with one attached hydrogen (secondary N) is 1. The van der Waals surface area contributed by atoms with Crippen molar-refractivity contribution in [3.8, 4) is 5.75 Å². The molecule has 0 aromatic heterocycles. The number of benzene rings is 2. The normalized spacial score (nSPS) is 18.9. The SMILES string of the molecule is COc1ccc2cc(B3OC(C)(C)C(C)(C)O3)cc(CC(C)NC(C)=O)c2c1. The smallest absolute Gasteiger partial charge is 0.494 e. The Morgan fingerprint density at radius 1 is 1.14 bits per heavy atom. The monoisotopic (exact) mass is 383 g/mol. The largest absolute Gasteiger partial charge is 0.497 e. The van der Waals surface area contributed by atoms with Crippen LogP contribution < -0.4 is 15.5 Å². The maximum absolute atomic E-state index is 11.5. The van der Waals surface area contributed by atoms with E-state index < -0.39 is 18.3 Å². The lowest BCUT2D eigenvalue weighted by Crippen LogP contribution is -2.41. The Morgan fingerprint density at radius 3 is 2.36 bits per heavy atom. The summed E-state index contributed by atoms with van der Waals surface area (Å²) >= 11 is 0. The summed E-state index contributed by atoms with van der Waals surface area (Å²) in [6.45, 7) is 11.8. The number of carbonyl (C=O) groups excluding carboxylic acids is 1. The highest BCUT2D eigenvalue weighted by Gasteiger charge is 2.51. The molecule has 3 rings (SSSR count). The second-order valence-corrected chi connectivity index (χ2v) is 8.66. The molecule has 1 atom stereocenters. The molecule has 6 heteroatoms. The minimum Gasteiger partial charge on any atom is -0.497 e. The van der Waals surface area contributed by atoms with E-state index in [1.807, 2.05) is 19.1 Å². The Kier molecular flexibility index (Phi) is 5.48. The van der Waals surface area contributed by atoms with Crippen LogP contribution in [-0.4, -0.2) is 37.4 Å². The van der Waals surface area contributed by atoms with E-state index in [2.05, 4.69) is 51.2 Å². The fourth-order valence-electron chi connectivity index (χ4n) is 3.58. The first-order chi connectivity index (χ1) is 13.0. The number of amides is 1. The number of fused-ring (bicyclic) bond motifs is 1. The van der Waals surface area contributed by atoms with Gasteiger partial charge in [0.15, 0.2) is 0 Å². The highest BCUT2D eigenvalue weighted by molar-refractivity contribution is 6.62. The van der Waals surface area contributed by atoms with Crippen LogP contribution in [0.2, 0.25) is 0 Å². The maximum Gasteiger partial charge on any atom is 0.494 e. The zero-order valence-electron chi connectivity index (χ0n) is 17.9. The van der Waals surface area contributed by atoms with Gasteiger partial charge in [-0.25, -0.2) is 0 Å². The van der Waals surface area contributed by atoms with Gasteiger partial charge in [-0.1, -0.05) is 18.2 Å². The molecule has 0 bridgehead atoms. The lowest BCUT2D eigenvalue weighted by atomic mass is 9.76. The van der Waals surface area contributed by atoms with Crippen LogP contribution in [0, 0.1) is 0 Å². The van der Waals surface area contributed by atoms with Crippen LogP contribution in [0.3, 0.4) is 0 Å². The summed E-state index contributed by atoms with van der Waals surface area (Å²) in [4.78, 5) is 11.5. The molecule has 0 aliphatic carbocycles. The first-order valence-electron chi connectivity index (χ1n) is 9.76. The molecule has 0 radical (unpaired) electrons. The van der Waals surface area contributed by atoms with Gasteiger partial charge in [-0.3, -0.25) is 4.79 Å². The van der Waals surface area contributed by atoms with Crippen molar-refractivity contribution in [2.75, 3.05) is 7.11 Å². The molecule has 0 saturated carbocycles. The van der Waals surface area contributed by atoms with E-state index in [9.17, 15) is 4.79 Å². The molecule has 1 saturated heterocycles. The lowest BCUT2D eigenvalue weighted by Gasteiger charge is -2.32. The third-order valence-corrected chi connectivity index (χ3v) is 5.77. The summed E-state index contributed by atoms with van der Waals surface area (Å²) in [6.07, 6.45) is 0.705. The summed E-state index contributed by atoms with van der Waals surface area (Å²) in [5.41, 5.74) is 1.33. The molecule has 1 unspecified atom stereocenters. The highest BCUT2D eigenvalue weighted by atomic mass is 16.7. The Bertz CT molecular complexity index is 877. The predicted octanol–water partition coefficient (Wildman–Crippen LogP) is 3.21. The van der Waals surface area contributed by atoms with E-state index in [1.54, 1.807) is 14.0 Å². The summed E-state index contributed by atoms with van der Waals surface area (Å²) in [6, 6.07) is 10.3. The molecule has 1 aliphatic heterocycles. The second-order valence-electron chi connectivity index (χ2n) is 8.66. The zero-order chi connectivity index (χ0) is 20.7. The Hall–Kier alpha value is -2.05. The minimum atomic E-state index is -0.425. The predicted molar refractivity (Wildman–Crippen MR) is 113 cm³/mol. The van der Waals surface area contributed by atoms with Crippen LogP contribution in [0.1, 0.15) is 47.1 Å². The van der Waals surface area contributed by atoms with E-state index in [-0.39, 0.29) is 11.9 Å².